The number of hydrogen-bond acceptors (Lipinski definition) is 4. The van der Waals surface area contributed by atoms with Crippen LogP contribution in [-0.4, -0.2) is 16.2 Å². The van der Waals surface area contributed by atoms with E-state index in [4.69, 9.17) is 21.9 Å². The molecule has 2 aromatic rings. The summed E-state index contributed by atoms with van der Waals surface area (Å²) < 4.78 is 18.8. The molecule has 1 aromatic carbocycles. The second-order valence-corrected chi connectivity index (χ2v) is 4.92. The van der Waals surface area contributed by atoms with Crippen molar-refractivity contribution in [1.82, 2.24) is 10.1 Å². The summed E-state index contributed by atoms with van der Waals surface area (Å²) in [5.74, 6) is 0.529. The van der Waals surface area contributed by atoms with E-state index in [1.165, 1.54) is 6.07 Å². The first-order valence-electron chi connectivity index (χ1n) is 6.06. The van der Waals surface area contributed by atoms with E-state index in [0.717, 1.165) is 6.42 Å². The SMILES string of the molecule is CC(N)CCc1nc(Cc2cccc(Cl)c2F)no1. The van der Waals surface area contributed by atoms with Crippen LogP contribution in [0.3, 0.4) is 0 Å². The normalized spacial score (nSPS) is 12.6. The highest BCUT2D eigenvalue weighted by atomic mass is 35.5. The summed E-state index contributed by atoms with van der Waals surface area (Å²) in [6.07, 6.45) is 1.66. The fourth-order valence-electron chi connectivity index (χ4n) is 1.67. The molecule has 0 radical (unpaired) electrons. The zero-order valence-electron chi connectivity index (χ0n) is 10.6. The van der Waals surface area contributed by atoms with E-state index in [1.807, 2.05) is 6.92 Å². The molecule has 2 rings (SSSR count). The minimum absolute atomic E-state index is 0.0840. The Morgan fingerprint density at radius 3 is 3.00 bits per heavy atom. The molecule has 1 heterocycles. The van der Waals surface area contributed by atoms with Crippen molar-refractivity contribution in [2.45, 2.75) is 32.2 Å². The number of rotatable bonds is 5. The first kappa shape index (κ1) is 14.0. The van der Waals surface area contributed by atoms with Gasteiger partial charge in [0.1, 0.15) is 5.82 Å². The molecule has 0 saturated heterocycles. The van der Waals surface area contributed by atoms with E-state index >= 15 is 0 Å². The van der Waals surface area contributed by atoms with Gasteiger partial charge in [-0.15, -0.1) is 0 Å². The maximum absolute atomic E-state index is 13.7. The van der Waals surface area contributed by atoms with Crippen molar-refractivity contribution in [3.63, 3.8) is 0 Å². The number of benzene rings is 1. The van der Waals surface area contributed by atoms with E-state index in [0.29, 0.717) is 23.7 Å². The van der Waals surface area contributed by atoms with Gasteiger partial charge in [0, 0.05) is 18.9 Å². The first-order chi connectivity index (χ1) is 9.06. The first-order valence-corrected chi connectivity index (χ1v) is 6.44. The number of halogens is 2. The van der Waals surface area contributed by atoms with Gasteiger partial charge in [0.15, 0.2) is 5.82 Å². The molecular weight excluding hydrogens is 269 g/mol. The van der Waals surface area contributed by atoms with E-state index in [-0.39, 0.29) is 17.5 Å². The maximum Gasteiger partial charge on any atom is 0.226 e. The van der Waals surface area contributed by atoms with Crippen LogP contribution in [0.1, 0.15) is 30.6 Å². The predicted molar refractivity (Wildman–Crippen MR) is 70.5 cm³/mol. The highest BCUT2D eigenvalue weighted by molar-refractivity contribution is 6.30. The van der Waals surface area contributed by atoms with Crippen LogP contribution >= 0.6 is 11.6 Å². The molecule has 6 heteroatoms. The fraction of sp³-hybridized carbons (Fsp3) is 0.385. The van der Waals surface area contributed by atoms with Crippen molar-refractivity contribution in [1.29, 1.82) is 0 Å². The molecule has 2 N–H and O–H groups in total. The van der Waals surface area contributed by atoms with Crippen molar-refractivity contribution in [3.05, 3.63) is 46.3 Å². The molecule has 0 aliphatic carbocycles. The molecule has 1 unspecified atom stereocenters. The van der Waals surface area contributed by atoms with Crippen molar-refractivity contribution < 1.29 is 8.91 Å². The highest BCUT2D eigenvalue weighted by Crippen LogP contribution is 2.19. The zero-order chi connectivity index (χ0) is 13.8. The second-order valence-electron chi connectivity index (χ2n) is 4.51. The lowest BCUT2D eigenvalue weighted by Crippen LogP contribution is -2.15. The van der Waals surface area contributed by atoms with Gasteiger partial charge in [-0.2, -0.15) is 4.98 Å². The molecule has 0 aliphatic heterocycles. The van der Waals surface area contributed by atoms with Gasteiger partial charge < -0.3 is 10.3 Å². The predicted octanol–water partition coefficient (Wildman–Crippen LogP) is 2.73. The van der Waals surface area contributed by atoms with Gasteiger partial charge >= 0.3 is 0 Å². The fourth-order valence-corrected chi connectivity index (χ4v) is 1.86. The number of nitrogens with zero attached hydrogens (tertiary/aromatic N) is 2. The van der Waals surface area contributed by atoms with Crippen LogP contribution in [0.25, 0.3) is 0 Å². The average Bonchev–Trinajstić information content (AvgIpc) is 2.80. The zero-order valence-corrected chi connectivity index (χ0v) is 11.3. The van der Waals surface area contributed by atoms with Crippen LogP contribution < -0.4 is 5.73 Å². The summed E-state index contributed by atoms with van der Waals surface area (Å²) in [6, 6.07) is 4.93. The van der Waals surface area contributed by atoms with Crippen molar-refractivity contribution in [3.8, 4) is 0 Å². The smallest absolute Gasteiger partial charge is 0.226 e. The molecule has 0 saturated carbocycles. The Morgan fingerprint density at radius 2 is 2.26 bits per heavy atom. The number of hydrogen-bond donors (Lipinski definition) is 1. The van der Waals surface area contributed by atoms with Gasteiger partial charge in [-0.05, 0) is 25.0 Å². The van der Waals surface area contributed by atoms with E-state index in [2.05, 4.69) is 10.1 Å². The van der Waals surface area contributed by atoms with Crippen LogP contribution in [0, 0.1) is 5.82 Å². The Kier molecular flexibility index (Phi) is 4.50. The molecule has 1 atom stereocenters. The third-order valence-corrected chi connectivity index (χ3v) is 3.00. The molecule has 0 spiro atoms. The molecule has 1 aromatic heterocycles. The summed E-state index contributed by atoms with van der Waals surface area (Å²) >= 11 is 5.72. The standard InChI is InChI=1S/C13H15ClFN3O/c1-8(16)5-6-12-17-11(18-19-12)7-9-3-2-4-10(14)13(9)15/h2-4,8H,5-7,16H2,1H3. The van der Waals surface area contributed by atoms with Crippen molar-refractivity contribution in [2.75, 3.05) is 0 Å². The van der Waals surface area contributed by atoms with E-state index in [1.54, 1.807) is 12.1 Å². The Morgan fingerprint density at radius 1 is 1.47 bits per heavy atom. The Hall–Kier alpha value is -1.46. The Bertz CT molecular complexity index is 557. The second kappa shape index (κ2) is 6.12. The quantitative estimate of drug-likeness (QED) is 0.916. The molecule has 102 valence electrons. The molecule has 0 aliphatic rings. The number of aromatic nitrogens is 2. The number of aryl methyl sites for hydroxylation is 1. The lowest BCUT2D eigenvalue weighted by atomic mass is 10.1. The molecular formula is C13H15ClFN3O. The molecule has 0 fully saturated rings. The van der Waals surface area contributed by atoms with Crippen LogP contribution in [0.15, 0.2) is 22.7 Å². The monoisotopic (exact) mass is 283 g/mol. The molecule has 0 amide bonds. The van der Waals surface area contributed by atoms with Gasteiger partial charge in [0.05, 0.1) is 5.02 Å². The minimum atomic E-state index is -0.439. The average molecular weight is 284 g/mol. The van der Waals surface area contributed by atoms with E-state index < -0.39 is 5.82 Å². The summed E-state index contributed by atoms with van der Waals surface area (Å²) in [7, 11) is 0. The maximum atomic E-state index is 13.7. The summed E-state index contributed by atoms with van der Waals surface area (Å²) in [4.78, 5) is 4.21. The third kappa shape index (κ3) is 3.75. The number of nitrogens with two attached hydrogens (primary N) is 1. The van der Waals surface area contributed by atoms with Crippen LogP contribution in [0.5, 0.6) is 0 Å². The van der Waals surface area contributed by atoms with E-state index in [9.17, 15) is 4.39 Å². The van der Waals surface area contributed by atoms with Crippen LogP contribution in [0.2, 0.25) is 5.02 Å². The summed E-state index contributed by atoms with van der Waals surface area (Å²) in [5.41, 5.74) is 6.10. The summed E-state index contributed by atoms with van der Waals surface area (Å²) in [6.45, 7) is 1.92. The van der Waals surface area contributed by atoms with Crippen LogP contribution in [0.4, 0.5) is 4.39 Å². The van der Waals surface area contributed by atoms with Crippen molar-refractivity contribution >= 4 is 11.6 Å². The molecule has 4 nitrogen and oxygen atoms in total. The lowest BCUT2D eigenvalue weighted by Gasteiger charge is -2.01. The van der Waals surface area contributed by atoms with Gasteiger partial charge in [0.25, 0.3) is 0 Å². The van der Waals surface area contributed by atoms with Gasteiger partial charge in [0.2, 0.25) is 5.89 Å². The largest absolute Gasteiger partial charge is 0.339 e. The van der Waals surface area contributed by atoms with Gasteiger partial charge in [-0.25, -0.2) is 4.39 Å². The highest BCUT2D eigenvalue weighted by Gasteiger charge is 2.12. The third-order valence-electron chi connectivity index (χ3n) is 2.70. The minimum Gasteiger partial charge on any atom is -0.339 e. The Labute approximate surface area is 115 Å². The topological polar surface area (TPSA) is 64.9 Å². The van der Waals surface area contributed by atoms with Gasteiger partial charge in [-0.1, -0.05) is 28.9 Å². The molecule has 19 heavy (non-hydrogen) atoms. The van der Waals surface area contributed by atoms with Crippen LogP contribution in [-0.2, 0) is 12.8 Å². The molecule has 0 bridgehead atoms. The Balaban J connectivity index is 2.05. The lowest BCUT2D eigenvalue weighted by molar-refractivity contribution is 0.368. The van der Waals surface area contributed by atoms with Crippen molar-refractivity contribution in [2.24, 2.45) is 5.73 Å². The van der Waals surface area contributed by atoms with Gasteiger partial charge in [-0.3, -0.25) is 0 Å². The summed E-state index contributed by atoms with van der Waals surface area (Å²) in [5, 5.41) is 3.92.